The molecule has 1 heterocycles. The fraction of sp³-hybridized carbons (Fsp3) is 0.476. The predicted octanol–water partition coefficient (Wildman–Crippen LogP) is 3.63. The van der Waals surface area contributed by atoms with Crippen LogP contribution in [-0.4, -0.2) is 27.6 Å². The van der Waals surface area contributed by atoms with E-state index in [0.717, 1.165) is 38.2 Å². The number of benzene rings is 1. The fourth-order valence-electron chi connectivity index (χ4n) is 5.85. The Kier molecular flexibility index (Phi) is 3.69. The first-order valence-electron chi connectivity index (χ1n) is 9.57. The molecule has 4 bridgehead atoms. The number of aliphatic hydroxyl groups is 1. The van der Waals surface area contributed by atoms with Crippen LogP contribution < -0.4 is 5.32 Å². The molecule has 27 heavy (non-hydrogen) atoms. The molecule has 2 unspecified atom stereocenters. The van der Waals surface area contributed by atoms with E-state index in [1.165, 1.54) is 12.1 Å². The van der Waals surface area contributed by atoms with Gasteiger partial charge in [-0.15, -0.1) is 0 Å². The zero-order valence-electron chi connectivity index (χ0n) is 14.8. The molecule has 0 radical (unpaired) electrons. The van der Waals surface area contributed by atoms with Gasteiger partial charge in [-0.05, 0) is 68.1 Å². The van der Waals surface area contributed by atoms with Crippen LogP contribution in [0.5, 0.6) is 0 Å². The summed E-state index contributed by atoms with van der Waals surface area (Å²) in [6.45, 7) is 0. The Hall–Kier alpha value is -2.21. The van der Waals surface area contributed by atoms with Crippen LogP contribution in [0.4, 0.5) is 8.78 Å². The maximum absolute atomic E-state index is 14.0. The second-order valence-corrected chi connectivity index (χ2v) is 8.62. The lowest BCUT2D eigenvalue weighted by Gasteiger charge is -2.58. The number of hydrogen-bond acceptors (Lipinski definition) is 2. The van der Waals surface area contributed by atoms with E-state index in [9.17, 15) is 18.7 Å². The molecule has 4 aliphatic rings. The fourth-order valence-corrected chi connectivity index (χ4v) is 5.85. The molecule has 1 amide bonds. The van der Waals surface area contributed by atoms with Crippen molar-refractivity contribution in [2.24, 2.45) is 17.8 Å². The van der Waals surface area contributed by atoms with E-state index in [4.69, 9.17) is 0 Å². The van der Waals surface area contributed by atoms with Gasteiger partial charge < -0.3 is 15.4 Å². The first-order valence-corrected chi connectivity index (χ1v) is 9.57. The molecule has 4 nitrogen and oxygen atoms in total. The molecule has 1 aromatic heterocycles. The summed E-state index contributed by atoms with van der Waals surface area (Å²) in [4.78, 5) is 15.6. The number of hydrogen-bond donors (Lipinski definition) is 3. The Labute approximate surface area is 156 Å². The number of aromatic nitrogens is 1. The maximum atomic E-state index is 14.0. The molecule has 6 rings (SSSR count). The van der Waals surface area contributed by atoms with Crippen molar-refractivity contribution in [1.82, 2.24) is 10.3 Å². The van der Waals surface area contributed by atoms with Crippen molar-refractivity contribution >= 4 is 5.91 Å². The van der Waals surface area contributed by atoms with Gasteiger partial charge in [0.2, 0.25) is 0 Å². The average Bonchev–Trinajstić information content (AvgIpc) is 3.06. The van der Waals surface area contributed by atoms with Gasteiger partial charge in [0.25, 0.3) is 5.91 Å². The van der Waals surface area contributed by atoms with Gasteiger partial charge in [0, 0.05) is 29.4 Å². The summed E-state index contributed by atoms with van der Waals surface area (Å²) in [5.41, 5.74) is 0.596. The number of rotatable bonds is 3. The van der Waals surface area contributed by atoms with E-state index >= 15 is 0 Å². The molecular formula is C21H22F2N2O2. The number of amides is 1. The topological polar surface area (TPSA) is 65.1 Å². The molecule has 4 fully saturated rings. The van der Waals surface area contributed by atoms with E-state index in [1.54, 1.807) is 12.3 Å². The first kappa shape index (κ1) is 16.9. The molecule has 6 heteroatoms. The summed E-state index contributed by atoms with van der Waals surface area (Å²) >= 11 is 0. The van der Waals surface area contributed by atoms with Crippen molar-refractivity contribution in [1.29, 1.82) is 0 Å². The molecule has 2 atom stereocenters. The van der Waals surface area contributed by atoms with Crippen LogP contribution in [0.25, 0.3) is 11.1 Å². The maximum Gasteiger partial charge on any atom is 0.267 e. The van der Waals surface area contributed by atoms with Crippen molar-refractivity contribution in [2.75, 3.05) is 0 Å². The average molecular weight is 372 g/mol. The molecule has 142 valence electrons. The summed E-state index contributed by atoms with van der Waals surface area (Å²) in [7, 11) is 0. The van der Waals surface area contributed by atoms with Gasteiger partial charge in [-0.2, -0.15) is 0 Å². The lowest BCUT2D eigenvalue weighted by Crippen LogP contribution is -2.61. The van der Waals surface area contributed by atoms with E-state index in [-0.39, 0.29) is 17.5 Å². The van der Waals surface area contributed by atoms with Gasteiger partial charge in [-0.3, -0.25) is 4.79 Å². The van der Waals surface area contributed by atoms with Gasteiger partial charge in [-0.25, -0.2) is 8.78 Å². The van der Waals surface area contributed by atoms with E-state index in [1.807, 2.05) is 0 Å². The van der Waals surface area contributed by atoms with Crippen LogP contribution in [0.15, 0.2) is 30.5 Å². The summed E-state index contributed by atoms with van der Waals surface area (Å²) in [5.74, 6) is -0.265. The van der Waals surface area contributed by atoms with Crippen LogP contribution in [-0.2, 0) is 0 Å². The largest absolute Gasteiger partial charge is 0.390 e. The highest BCUT2D eigenvalue weighted by Gasteiger charge is 2.55. The molecule has 2 aromatic rings. The second-order valence-electron chi connectivity index (χ2n) is 8.62. The number of carbonyl (C=O) groups is 1. The molecule has 1 aromatic carbocycles. The van der Waals surface area contributed by atoms with Gasteiger partial charge in [0.05, 0.1) is 5.60 Å². The number of nitrogens with one attached hydrogen (secondary N) is 2. The Balaban J connectivity index is 1.33. The molecule has 4 aliphatic carbocycles. The second kappa shape index (κ2) is 5.89. The monoisotopic (exact) mass is 372 g/mol. The Morgan fingerprint density at radius 1 is 1.15 bits per heavy atom. The number of H-pyrrole nitrogens is 1. The van der Waals surface area contributed by atoms with Crippen molar-refractivity contribution < 1.29 is 18.7 Å². The number of carbonyl (C=O) groups excluding carboxylic acids is 1. The minimum absolute atomic E-state index is 0.0867. The zero-order chi connectivity index (χ0) is 18.8. The lowest BCUT2D eigenvalue weighted by molar-refractivity contribution is -0.136. The van der Waals surface area contributed by atoms with Gasteiger partial charge in [-0.1, -0.05) is 0 Å². The van der Waals surface area contributed by atoms with Gasteiger partial charge in [0.1, 0.15) is 17.3 Å². The summed E-state index contributed by atoms with van der Waals surface area (Å²) < 4.78 is 27.1. The summed E-state index contributed by atoms with van der Waals surface area (Å²) in [6.07, 6.45) is 6.14. The minimum atomic E-state index is -0.657. The third kappa shape index (κ3) is 2.87. The quantitative estimate of drug-likeness (QED) is 0.770. The smallest absolute Gasteiger partial charge is 0.267 e. The van der Waals surface area contributed by atoms with Crippen molar-refractivity contribution in [2.45, 2.75) is 43.7 Å². The Morgan fingerprint density at radius 3 is 2.56 bits per heavy atom. The van der Waals surface area contributed by atoms with Gasteiger partial charge in [0.15, 0.2) is 0 Å². The van der Waals surface area contributed by atoms with E-state index in [2.05, 4.69) is 10.3 Å². The van der Waals surface area contributed by atoms with Crippen LogP contribution in [0.2, 0.25) is 0 Å². The third-order valence-corrected chi connectivity index (χ3v) is 6.71. The van der Waals surface area contributed by atoms with Crippen LogP contribution in [0.1, 0.15) is 42.6 Å². The Morgan fingerprint density at radius 2 is 1.89 bits per heavy atom. The number of aromatic amines is 1. The van der Waals surface area contributed by atoms with Crippen LogP contribution in [0.3, 0.4) is 0 Å². The van der Waals surface area contributed by atoms with Crippen molar-refractivity contribution in [3.05, 3.63) is 47.8 Å². The molecular weight excluding hydrogens is 350 g/mol. The molecule has 0 aliphatic heterocycles. The highest BCUT2D eigenvalue weighted by molar-refractivity contribution is 5.94. The van der Waals surface area contributed by atoms with E-state index in [0.29, 0.717) is 29.0 Å². The molecule has 0 saturated heterocycles. The third-order valence-electron chi connectivity index (χ3n) is 6.71. The minimum Gasteiger partial charge on any atom is -0.390 e. The summed E-state index contributed by atoms with van der Waals surface area (Å²) in [6, 6.07) is 5.08. The Bertz CT molecular complexity index is 893. The van der Waals surface area contributed by atoms with Gasteiger partial charge >= 0.3 is 0 Å². The standard InChI is InChI=1S/C21H22F2N2O2/c22-15-1-2-16(17(23)6-15)14-5-18(24-10-14)20(26)25-19-12-3-11-4-13(19)9-21(27,7-11)8-12/h1-2,5-6,10-13,19,24,27H,3-4,7-9H2,(H,25,26). The predicted molar refractivity (Wildman–Crippen MR) is 95.9 cm³/mol. The zero-order valence-corrected chi connectivity index (χ0v) is 14.8. The summed E-state index contributed by atoms with van der Waals surface area (Å²) in [5, 5.41) is 13.8. The van der Waals surface area contributed by atoms with Crippen molar-refractivity contribution in [3.63, 3.8) is 0 Å². The highest BCUT2D eigenvalue weighted by atomic mass is 19.1. The normalized spacial score (nSPS) is 34.0. The number of halogens is 2. The molecule has 0 spiro atoms. The molecule has 4 saturated carbocycles. The van der Waals surface area contributed by atoms with E-state index < -0.39 is 17.2 Å². The van der Waals surface area contributed by atoms with Crippen LogP contribution in [0, 0.1) is 29.4 Å². The SMILES string of the molecule is O=C(NC1C2CC3CC1CC(O)(C3)C2)c1cc(-c2ccc(F)cc2F)c[nH]1. The first-order chi connectivity index (χ1) is 12.9. The lowest BCUT2D eigenvalue weighted by atomic mass is 9.52. The highest BCUT2D eigenvalue weighted by Crippen LogP contribution is 2.55. The molecule has 3 N–H and O–H groups in total. The van der Waals surface area contributed by atoms with Crippen LogP contribution >= 0.6 is 0 Å². The van der Waals surface area contributed by atoms with Crippen molar-refractivity contribution in [3.8, 4) is 11.1 Å².